The van der Waals surface area contributed by atoms with E-state index in [4.69, 9.17) is 10.7 Å². The second-order valence-electron chi connectivity index (χ2n) is 6.77. The summed E-state index contributed by atoms with van der Waals surface area (Å²) in [6, 6.07) is 23.3. The van der Waals surface area contributed by atoms with Crippen molar-refractivity contribution in [3.63, 3.8) is 0 Å². The number of nitrogens with zero attached hydrogens (tertiary/aromatic N) is 1. The van der Waals surface area contributed by atoms with Gasteiger partial charge in [-0.25, -0.2) is 9.37 Å². The Hall–Kier alpha value is -2.91. The van der Waals surface area contributed by atoms with Gasteiger partial charge in [-0.15, -0.1) is 12.4 Å². The molecule has 134 valence electrons. The molecule has 0 saturated carbocycles. The molecule has 1 aromatic heterocycles. The van der Waals surface area contributed by atoms with Crippen LogP contribution < -0.4 is 5.73 Å². The van der Waals surface area contributed by atoms with Crippen LogP contribution in [0.1, 0.15) is 22.6 Å². The van der Waals surface area contributed by atoms with E-state index in [1.165, 1.54) is 11.6 Å². The molecule has 5 rings (SSSR count). The van der Waals surface area contributed by atoms with Crippen molar-refractivity contribution in [3.05, 3.63) is 95.3 Å². The van der Waals surface area contributed by atoms with Crippen LogP contribution in [-0.2, 0) is 6.42 Å². The van der Waals surface area contributed by atoms with Crippen molar-refractivity contribution in [2.24, 2.45) is 0 Å². The first-order valence-corrected chi connectivity index (χ1v) is 8.74. The molecule has 0 radical (unpaired) electrons. The van der Waals surface area contributed by atoms with Crippen molar-refractivity contribution in [1.29, 1.82) is 0 Å². The summed E-state index contributed by atoms with van der Waals surface area (Å²) in [7, 11) is 0. The predicted molar refractivity (Wildman–Crippen MR) is 111 cm³/mol. The Balaban J connectivity index is 0.00000180. The second kappa shape index (κ2) is 6.67. The Kier molecular flexibility index (Phi) is 4.33. The summed E-state index contributed by atoms with van der Waals surface area (Å²) in [6.07, 6.45) is 0.822. The lowest BCUT2D eigenvalue weighted by Crippen LogP contribution is -2.15. The van der Waals surface area contributed by atoms with Crippen LogP contribution in [0.3, 0.4) is 0 Å². The molecule has 0 saturated heterocycles. The maximum atomic E-state index is 13.9. The first-order valence-electron chi connectivity index (χ1n) is 8.74. The first kappa shape index (κ1) is 17.5. The largest absolute Gasteiger partial charge is 0.383 e. The molecule has 0 aliphatic heterocycles. The van der Waals surface area contributed by atoms with E-state index in [0.29, 0.717) is 5.82 Å². The van der Waals surface area contributed by atoms with Crippen molar-refractivity contribution in [1.82, 2.24) is 4.98 Å². The monoisotopic (exact) mass is 376 g/mol. The van der Waals surface area contributed by atoms with Crippen LogP contribution in [0, 0.1) is 5.82 Å². The minimum absolute atomic E-state index is 0. The zero-order chi connectivity index (χ0) is 17.7. The highest BCUT2D eigenvalue weighted by atomic mass is 35.5. The van der Waals surface area contributed by atoms with Gasteiger partial charge in [0.15, 0.2) is 0 Å². The van der Waals surface area contributed by atoms with Crippen molar-refractivity contribution in [2.45, 2.75) is 12.3 Å². The summed E-state index contributed by atoms with van der Waals surface area (Å²) in [5.74, 6) is 0.373. The van der Waals surface area contributed by atoms with E-state index in [9.17, 15) is 4.39 Å². The Bertz CT molecular complexity index is 1160. The Morgan fingerprint density at radius 3 is 2.44 bits per heavy atom. The number of nitrogen functional groups attached to an aromatic ring is 1. The van der Waals surface area contributed by atoms with Gasteiger partial charge in [-0.2, -0.15) is 0 Å². The quantitative estimate of drug-likeness (QED) is 0.460. The standard InChI is InChI=1S/C23H17FN2.ClH/c24-16-8-5-7-14(12-16)20-13-15-6-1-2-9-17(15)22-21(20)18-10-3-4-11-19(18)23(25)26-22;/h1-12,20H,13H2,(H2,25,26);1H. The van der Waals surface area contributed by atoms with E-state index in [1.54, 1.807) is 12.1 Å². The van der Waals surface area contributed by atoms with Crippen molar-refractivity contribution >= 4 is 29.0 Å². The highest BCUT2D eigenvalue weighted by Gasteiger charge is 2.29. The molecule has 1 heterocycles. The SMILES string of the molecule is Cl.Nc1nc2c(c3ccccc13)C(c1cccc(F)c1)Cc1ccccc1-2. The van der Waals surface area contributed by atoms with Gasteiger partial charge in [0.05, 0.1) is 5.69 Å². The van der Waals surface area contributed by atoms with E-state index < -0.39 is 0 Å². The smallest absolute Gasteiger partial charge is 0.131 e. The Morgan fingerprint density at radius 2 is 1.63 bits per heavy atom. The highest BCUT2D eigenvalue weighted by molar-refractivity contribution is 5.98. The number of pyridine rings is 1. The second-order valence-corrected chi connectivity index (χ2v) is 6.77. The number of rotatable bonds is 1. The van der Waals surface area contributed by atoms with Gasteiger partial charge in [0.25, 0.3) is 0 Å². The van der Waals surface area contributed by atoms with E-state index in [2.05, 4.69) is 18.2 Å². The molecular weight excluding hydrogens is 359 g/mol. The molecule has 2 nitrogen and oxygen atoms in total. The number of benzene rings is 3. The van der Waals surface area contributed by atoms with Crippen LogP contribution in [0.15, 0.2) is 72.8 Å². The lowest BCUT2D eigenvalue weighted by molar-refractivity contribution is 0.622. The molecule has 0 fully saturated rings. The third-order valence-electron chi connectivity index (χ3n) is 5.28. The van der Waals surface area contributed by atoms with Gasteiger partial charge < -0.3 is 5.73 Å². The molecule has 0 bridgehead atoms. The predicted octanol–water partition coefficient (Wildman–Crippen LogP) is 5.73. The summed E-state index contributed by atoms with van der Waals surface area (Å²) in [4.78, 5) is 4.77. The fourth-order valence-electron chi connectivity index (χ4n) is 4.13. The number of hydrogen-bond acceptors (Lipinski definition) is 2. The summed E-state index contributed by atoms with van der Waals surface area (Å²) in [6.45, 7) is 0. The fourth-order valence-corrected chi connectivity index (χ4v) is 4.13. The molecule has 0 amide bonds. The van der Waals surface area contributed by atoms with Gasteiger partial charge in [0, 0.05) is 16.9 Å². The first-order chi connectivity index (χ1) is 12.7. The van der Waals surface area contributed by atoms with Gasteiger partial charge in [-0.05, 0) is 40.6 Å². The zero-order valence-electron chi connectivity index (χ0n) is 14.5. The van der Waals surface area contributed by atoms with Gasteiger partial charge in [-0.1, -0.05) is 60.7 Å². The maximum Gasteiger partial charge on any atom is 0.131 e. The van der Waals surface area contributed by atoms with E-state index in [0.717, 1.165) is 39.6 Å². The molecule has 2 N–H and O–H groups in total. The van der Waals surface area contributed by atoms with Crippen LogP contribution in [0.2, 0.25) is 0 Å². The lowest BCUT2D eigenvalue weighted by Gasteiger charge is -2.29. The maximum absolute atomic E-state index is 13.9. The van der Waals surface area contributed by atoms with Crippen LogP contribution >= 0.6 is 12.4 Å². The molecule has 1 atom stereocenters. The van der Waals surface area contributed by atoms with Gasteiger partial charge >= 0.3 is 0 Å². The molecule has 1 aliphatic carbocycles. The molecule has 3 aromatic carbocycles. The summed E-state index contributed by atoms with van der Waals surface area (Å²) < 4.78 is 13.9. The molecule has 1 aliphatic rings. The number of halogens is 2. The van der Waals surface area contributed by atoms with Crippen molar-refractivity contribution < 1.29 is 4.39 Å². The molecule has 4 aromatic rings. The zero-order valence-corrected chi connectivity index (χ0v) is 15.3. The fraction of sp³-hybridized carbons (Fsp3) is 0.0870. The van der Waals surface area contributed by atoms with Gasteiger partial charge in [0.2, 0.25) is 0 Å². The topological polar surface area (TPSA) is 38.9 Å². The number of fused-ring (bicyclic) bond motifs is 5. The van der Waals surface area contributed by atoms with E-state index in [1.807, 2.05) is 36.4 Å². The summed E-state index contributed by atoms with van der Waals surface area (Å²) >= 11 is 0. The average Bonchev–Trinajstić information content (AvgIpc) is 2.67. The lowest BCUT2D eigenvalue weighted by atomic mass is 9.76. The third kappa shape index (κ3) is 2.75. The minimum atomic E-state index is -0.212. The van der Waals surface area contributed by atoms with Crippen LogP contribution in [0.25, 0.3) is 22.0 Å². The van der Waals surface area contributed by atoms with Crippen molar-refractivity contribution in [2.75, 3.05) is 5.73 Å². The van der Waals surface area contributed by atoms with Crippen LogP contribution in [0.5, 0.6) is 0 Å². The van der Waals surface area contributed by atoms with Crippen molar-refractivity contribution in [3.8, 4) is 11.3 Å². The molecular formula is C23H18ClFN2. The molecule has 27 heavy (non-hydrogen) atoms. The number of hydrogen-bond donors (Lipinski definition) is 1. The Labute approximate surface area is 163 Å². The number of aromatic nitrogens is 1. The van der Waals surface area contributed by atoms with Gasteiger partial charge in [0.1, 0.15) is 11.6 Å². The van der Waals surface area contributed by atoms with E-state index >= 15 is 0 Å². The average molecular weight is 377 g/mol. The molecule has 0 spiro atoms. The Morgan fingerprint density at radius 1 is 0.889 bits per heavy atom. The van der Waals surface area contributed by atoms with E-state index in [-0.39, 0.29) is 24.1 Å². The third-order valence-corrected chi connectivity index (χ3v) is 5.28. The van der Waals surface area contributed by atoms with Gasteiger partial charge in [-0.3, -0.25) is 0 Å². The molecule has 1 unspecified atom stereocenters. The summed E-state index contributed by atoms with van der Waals surface area (Å²) in [5, 5.41) is 2.05. The number of anilines is 1. The normalized spacial score (nSPS) is 14.9. The molecule has 4 heteroatoms. The highest BCUT2D eigenvalue weighted by Crippen LogP contribution is 2.45. The number of nitrogens with two attached hydrogens (primary N) is 1. The van der Waals surface area contributed by atoms with Crippen LogP contribution in [-0.4, -0.2) is 4.98 Å². The summed E-state index contributed by atoms with van der Waals surface area (Å²) in [5.41, 5.74) is 11.6. The van der Waals surface area contributed by atoms with Crippen LogP contribution in [0.4, 0.5) is 10.2 Å². The minimum Gasteiger partial charge on any atom is -0.383 e.